The fourth-order valence-corrected chi connectivity index (χ4v) is 4.69. The Morgan fingerprint density at radius 3 is 2.82 bits per heavy atom. The van der Waals surface area contributed by atoms with Crippen molar-refractivity contribution in [3.05, 3.63) is 29.3 Å². The summed E-state index contributed by atoms with van der Waals surface area (Å²) in [6, 6.07) is 8.33. The number of thiol groups is 2. The minimum absolute atomic E-state index is 0.188. The average Bonchev–Trinajstić information content (AvgIpc) is 2.71. The van der Waals surface area contributed by atoms with Gasteiger partial charge in [-0.3, -0.25) is 0 Å². The monoisotopic (exact) mass is 281 g/mol. The Hall–Kier alpha value is -0.190. The van der Waals surface area contributed by atoms with E-state index in [0.29, 0.717) is 5.92 Å². The molecule has 1 heterocycles. The van der Waals surface area contributed by atoms with Gasteiger partial charge >= 0.3 is 0 Å². The van der Waals surface area contributed by atoms with Crippen LogP contribution < -0.4 is 0 Å². The fraction of sp³-hybridized carbons (Fsp3) is 0.462. The van der Waals surface area contributed by atoms with E-state index in [1.54, 1.807) is 11.3 Å². The maximum Gasteiger partial charge on any atom is 0.0991 e. The molecule has 1 nitrogen and oxygen atoms in total. The molecular weight excluding hydrogens is 266 g/mol. The fourth-order valence-electron chi connectivity index (χ4n) is 2.50. The lowest BCUT2D eigenvalue weighted by molar-refractivity contribution is 0.434. The van der Waals surface area contributed by atoms with E-state index in [1.165, 1.54) is 22.5 Å². The molecule has 0 saturated heterocycles. The molecule has 1 aromatic carbocycles. The van der Waals surface area contributed by atoms with Crippen molar-refractivity contribution in [2.75, 3.05) is 0 Å². The molecule has 0 bridgehead atoms. The van der Waals surface area contributed by atoms with Crippen molar-refractivity contribution in [3.8, 4) is 0 Å². The van der Waals surface area contributed by atoms with Crippen LogP contribution in [0.4, 0.5) is 0 Å². The summed E-state index contributed by atoms with van der Waals surface area (Å²) in [5.74, 6) is 0.389. The van der Waals surface area contributed by atoms with Gasteiger partial charge in [-0.05, 0) is 25.0 Å². The Morgan fingerprint density at radius 1 is 1.24 bits per heavy atom. The van der Waals surface area contributed by atoms with Crippen molar-refractivity contribution in [1.82, 2.24) is 4.98 Å². The molecule has 4 heteroatoms. The molecule has 1 fully saturated rings. The minimum Gasteiger partial charge on any atom is -0.241 e. The van der Waals surface area contributed by atoms with E-state index in [0.717, 1.165) is 18.4 Å². The topological polar surface area (TPSA) is 12.9 Å². The molecule has 2 aromatic rings. The van der Waals surface area contributed by atoms with Crippen LogP contribution in [0.5, 0.6) is 0 Å². The smallest absolute Gasteiger partial charge is 0.0991 e. The number of hydrogen-bond donors (Lipinski definition) is 2. The second-order valence-electron chi connectivity index (χ2n) is 4.70. The number of thiazole rings is 1. The molecule has 0 amide bonds. The van der Waals surface area contributed by atoms with E-state index in [-0.39, 0.29) is 4.08 Å². The predicted molar refractivity (Wildman–Crippen MR) is 81.5 cm³/mol. The molecule has 1 saturated carbocycles. The summed E-state index contributed by atoms with van der Waals surface area (Å²) in [4.78, 5) is 4.75. The zero-order valence-corrected chi connectivity index (χ0v) is 12.1. The molecule has 0 spiro atoms. The molecule has 90 valence electrons. The molecule has 1 aromatic heterocycles. The number of nitrogens with zero attached hydrogens (tertiary/aromatic N) is 1. The molecule has 0 N–H and O–H groups in total. The third kappa shape index (κ3) is 2.23. The maximum absolute atomic E-state index is 4.75. The molecule has 0 radical (unpaired) electrons. The van der Waals surface area contributed by atoms with Gasteiger partial charge < -0.3 is 0 Å². The van der Waals surface area contributed by atoms with Gasteiger partial charge in [-0.15, -0.1) is 11.3 Å². The van der Waals surface area contributed by atoms with Crippen molar-refractivity contribution in [1.29, 1.82) is 0 Å². The lowest BCUT2D eigenvalue weighted by Crippen LogP contribution is -2.27. The number of fused-ring (bicyclic) bond motifs is 1. The van der Waals surface area contributed by atoms with Crippen LogP contribution in [0.25, 0.3) is 10.2 Å². The van der Waals surface area contributed by atoms with Crippen LogP contribution in [0.2, 0.25) is 0 Å². The van der Waals surface area contributed by atoms with E-state index in [4.69, 9.17) is 30.2 Å². The van der Waals surface area contributed by atoms with E-state index in [1.807, 2.05) is 6.07 Å². The van der Waals surface area contributed by atoms with Crippen molar-refractivity contribution in [3.63, 3.8) is 0 Å². The molecule has 1 atom stereocenters. The maximum atomic E-state index is 4.75. The van der Waals surface area contributed by atoms with E-state index in [9.17, 15) is 0 Å². The van der Waals surface area contributed by atoms with Crippen LogP contribution >= 0.6 is 36.6 Å². The van der Waals surface area contributed by atoms with E-state index >= 15 is 0 Å². The first-order valence-electron chi connectivity index (χ1n) is 5.97. The SMILES string of the molecule is SC1(S)CCCCC1c1nc2ccccc2s1. The normalized spacial score (nSPS) is 24.0. The number of rotatable bonds is 1. The second kappa shape index (κ2) is 4.48. The molecule has 1 aliphatic carbocycles. The van der Waals surface area contributed by atoms with Crippen LogP contribution in [0, 0.1) is 0 Å². The molecular formula is C13H15NS3. The summed E-state index contributed by atoms with van der Waals surface area (Å²) in [5.41, 5.74) is 1.11. The lowest BCUT2D eigenvalue weighted by Gasteiger charge is -2.35. The van der Waals surface area contributed by atoms with Crippen molar-refractivity contribution >= 4 is 46.8 Å². The van der Waals surface area contributed by atoms with Gasteiger partial charge in [-0.1, -0.05) is 25.0 Å². The van der Waals surface area contributed by atoms with E-state index in [2.05, 4.69) is 18.2 Å². The van der Waals surface area contributed by atoms with E-state index < -0.39 is 0 Å². The van der Waals surface area contributed by atoms with Gasteiger partial charge in [0.15, 0.2) is 0 Å². The standard InChI is InChI=1S/C13H15NS3/c15-13(16)8-4-3-5-9(13)12-14-10-6-1-2-7-11(10)17-12/h1-2,6-7,9,15-16H,3-5,8H2. The Morgan fingerprint density at radius 2 is 2.06 bits per heavy atom. The van der Waals surface area contributed by atoms with Gasteiger partial charge in [0, 0.05) is 5.92 Å². The van der Waals surface area contributed by atoms with Gasteiger partial charge in [-0.2, -0.15) is 25.3 Å². The number of benzene rings is 1. The van der Waals surface area contributed by atoms with Gasteiger partial charge in [0.05, 0.1) is 19.3 Å². The molecule has 1 unspecified atom stereocenters. The Balaban J connectivity index is 2.02. The van der Waals surface area contributed by atoms with Crippen LogP contribution in [0.3, 0.4) is 0 Å². The quantitative estimate of drug-likeness (QED) is 0.579. The molecule has 17 heavy (non-hydrogen) atoms. The third-order valence-electron chi connectivity index (χ3n) is 3.45. The highest BCUT2D eigenvalue weighted by atomic mass is 32.2. The molecule has 3 rings (SSSR count). The largest absolute Gasteiger partial charge is 0.241 e. The number of aromatic nitrogens is 1. The van der Waals surface area contributed by atoms with Gasteiger partial charge in [0.1, 0.15) is 0 Å². The van der Waals surface area contributed by atoms with Crippen LogP contribution in [-0.2, 0) is 0 Å². The summed E-state index contributed by atoms with van der Waals surface area (Å²) in [6.45, 7) is 0. The average molecular weight is 281 g/mol. The first-order chi connectivity index (χ1) is 8.17. The van der Waals surface area contributed by atoms with Crippen molar-refractivity contribution < 1.29 is 0 Å². The first kappa shape index (κ1) is 11.9. The van der Waals surface area contributed by atoms with Gasteiger partial charge in [0.2, 0.25) is 0 Å². The first-order valence-corrected chi connectivity index (χ1v) is 7.68. The van der Waals surface area contributed by atoms with Gasteiger partial charge in [0.25, 0.3) is 0 Å². The summed E-state index contributed by atoms with van der Waals surface area (Å²) in [5, 5.41) is 1.20. The van der Waals surface area contributed by atoms with Crippen LogP contribution in [0.1, 0.15) is 36.6 Å². The number of hydrogen-bond acceptors (Lipinski definition) is 4. The summed E-state index contributed by atoms with van der Waals surface area (Å²) >= 11 is 11.3. The minimum atomic E-state index is -0.188. The zero-order chi connectivity index (χ0) is 11.9. The summed E-state index contributed by atoms with van der Waals surface area (Å²) in [6.07, 6.45) is 4.73. The lowest BCUT2D eigenvalue weighted by atomic mass is 9.88. The third-order valence-corrected chi connectivity index (χ3v) is 5.67. The molecule has 1 aliphatic rings. The highest BCUT2D eigenvalue weighted by Crippen LogP contribution is 2.48. The van der Waals surface area contributed by atoms with Crippen molar-refractivity contribution in [2.45, 2.75) is 35.7 Å². The predicted octanol–water partition coefficient (Wildman–Crippen LogP) is 4.51. The Labute approximate surface area is 116 Å². The van der Waals surface area contributed by atoms with Gasteiger partial charge in [-0.25, -0.2) is 4.98 Å². The summed E-state index contributed by atoms with van der Waals surface area (Å²) in [7, 11) is 0. The van der Waals surface area contributed by atoms with Crippen molar-refractivity contribution in [2.24, 2.45) is 0 Å². The summed E-state index contributed by atoms with van der Waals surface area (Å²) < 4.78 is 1.08. The Bertz CT molecular complexity index is 499. The highest BCUT2D eigenvalue weighted by molar-refractivity contribution is 8.00. The van der Waals surface area contributed by atoms with Crippen LogP contribution in [-0.4, -0.2) is 9.06 Å². The Kier molecular flexibility index (Phi) is 3.13. The zero-order valence-electron chi connectivity index (χ0n) is 9.47. The number of para-hydroxylation sites is 1. The van der Waals surface area contributed by atoms with Crippen LogP contribution in [0.15, 0.2) is 24.3 Å². The molecule has 0 aliphatic heterocycles. The second-order valence-corrected chi connectivity index (χ2v) is 7.71. The highest BCUT2D eigenvalue weighted by Gasteiger charge is 2.37.